The fourth-order valence-electron chi connectivity index (χ4n) is 5.62. The predicted octanol–water partition coefficient (Wildman–Crippen LogP) is 8.67. The zero-order valence-corrected chi connectivity index (χ0v) is 30.6. The number of aryl methyl sites for hydroxylation is 2. The van der Waals surface area contributed by atoms with Crippen LogP contribution in [-0.4, -0.2) is 61.5 Å². The van der Waals surface area contributed by atoms with Gasteiger partial charge in [-0.3, -0.25) is 4.90 Å². The molecule has 0 aliphatic rings. The molecule has 10 heteroatoms. The van der Waals surface area contributed by atoms with E-state index in [2.05, 4.69) is 54.6 Å². The molecule has 0 bridgehead atoms. The number of nitrogens with zero attached hydrogens (tertiary/aromatic N) is 2. The maximum absolute atomic E-state index is 14.0. The van der Waals surface area contributed by atoms with Crippen molar-refractivity contribution in [1.82, 2.24) is 5.32 Å². The molecule has 2 amide bonds. The maximum atomic E-state index is 14.0. The maximum Gasteiger partial charge on any atom is 0.326 e. The molecule has 0 fully saturated rings. The minimum atomic E-state index is -1.16. The highest BCUT2D eigenvalue weighted by atomic mass is 16.5. The molecular weight excluding hydrogens is 618 g/mol. The lowest BCUT2D eigenvalue weighted by atomic mass is 10.1. The topological polar surface area (TPSA) is 119 Å². The molecule has 0 aliphatic carbocycles. The third-order valence-corrected chi connectivity index (χ3v) is 8.42. The summed E-state index contributed by atoms with van der Waals surface area (Å²) < 4.78 is 12.1. The van der Waals surface area contributed by atoms with E-state index < -0.39 is 12.3 Å². The molecule has 0 radical (unpaired) electrons. The largest absolute Gasteiger partial charge is 0.506 e. The summed E-state index contributed by atoms with van der Waals surface area (Å²) in [6, 6.07) is 16.8. The second-order valence-electron chi connectivity index (χ2n) is 12.4. The van der Waals surface area contributed by atoms with E-state index in [1.807, 2.05) is 57.2 Å². The number of aliphatic hydroxyl groups is 1. The molecule has 0 aliphatic heterocycles. The molecule has 49 heavy (non-hydrogen) atoms. The average molecular weight is 678 g/mol. The number of nitrogens with one attached hydrogen (secondary N) is 3. The Hall–Kier alpha value is -4.15. The summed E-state index contributed by atoms with van der Waals surface area (Å²) in [4.78, 5) is 17.9. The standard InChI is InChI=1S/C39H59N5O5/c1-8-13-15-37(49-36-21-16-28(6)24-29(36)7)38(46)42-32-26-35(45)33(41-27-48-23-10-3)25-34(32)44(39(47)40-22-14-9-2)31-19-17-30(18-20-31)43(11-4)12-5/h16-21,24-26,37-38,41-42,45-46H,8-15,22-23,27H2,1-7H3,(H,40,47). The van der Waals surface area contributed by atoms with Crippen LogP contribution in [-0.2, 0) is 4.74 Å². The fraction of sp³-hybridized carbons (Fsp3) is 0.513. The van der Waals surface area contributed by atoms with Crippen molar-refractivity contribution in [2.75, 3.05) is 53.4 Å². The molecule has 0 saturated heterocycles. The lowest BCUT2D eigenvalue weighted by Crippen LogP contribution is -2.40. The number of ether oxygens (including phenoxy) is 2. The van der Waals surface area contributed by atoms with Crippen LogP contribution < -0.4 is 30.5 Å². The van der Waals surface area contributed by atoms with Gasteiger partial charge in [-0.1, -0.05) is 51.3 Å². The Kier molecular flexibility index (Phi) is 16.3. The number of unbranched alkanes of at least 4 members (excludes halogenated alkanes) is 2. The van der Waals surface area contributed by atoms with Crippen LogP contribution in [0.3, 0.4) is 0 Å². The van der Waals surface area contributed by atoms with Gasteiger partial charge in [-0.15, -0.1) is 0 Å². The Bertz CT molecular complexity index is 1430. The zero-order valence-electron chi connectivity index (χ0n) is 30.6. The molecule has 0 heterocycles. The van der Waals surface area contributed by atoms with Gasteiger partial charge in [0.25, 0.3) is 0 Å². The first-order chi connectivity index (χ1) is 23.7. The first-order valence-electron chi connectivity index (χ1n) is 18.0. The normalized spacial score (nSPS) is 12.2. The van der Waals surface area contributed by atoms with Crippen LogP contribution in [0.1, 0.15) is 84.3 Å². The van der Waals surface area contributed by atoms with Crippen molar-refractivity contribution in [1.29, 1.82) is 0 Å². The summed E-state index contributed by atoms with van der Waals surface area (Å²) in [6.45, 7) is 17.4. The van der Waals surface area contributed by atoms with Gasteiger partial charge in [0, 0.05) is 38.0 Å². The minimum Gasteiger partial charge on any atom is -0.506 e. The van der Waals surface area contributed by atoms with Gasteiger partial charge < -0.3 is 40.5 Å². The number of rotatable bonds is 21. The first kappa shape index (κ1) is 39.3. The summed E-state index contributed by atoms with van der Waals surface area (Å²) in [7, 11) is 0. The molecule has 0 aromatic heterocycles. The number of amides is 2. The van der Waals surface area contributed by atoms with E-state index in [9.17, 15) is 15.0 Å². The van der Waals surface area contributed by atoms with Crippen molar-refractivity contribution in [3.8, 4) is 11.5 Å². The van der Waals surface area contributed by atoms with Crippen molar-refractivity contribution in [2.45, 2.75) is 99.3 Å². The van der Waals surface area contributed by atoms with Gasteiger partial charge >= 0.3 is 6.03 Å². The molecule has 3 aromatic rings. The molecule has 0 saturated carbocycles. The van der Waals surface area contributed by atoms with Crippen LogP contribution in [0.25, 0.3) is 0 Å². The Balaban J connectivity index is 2.11. The van der Waals surface area contributed by atoms with Crippen molar-refractivity contribution in [2.24, 2.45) is 0 Å². The zero-order chi connectivity index (χ0) is 35.8. The van der Waals surface area contributed by atoms with Gasteiger partial charge in [-0.2, -0.15) is 0 Å². The Morgan fingerprint density at radius 3 is 2.18 bits per heavy atom. The Labute approximate surface area is 293 Å². The molecule has 2 atom stereocenters. The van der Waals surface area contributed by atoms with Gasteiger partial charge in [0.05, 0.1) is 22.7 Å². The van der Waals surface area contributed by atoms with E-state index >= 15 is 0 Å². The monoisotopic (exact) mass is 677 g/mol. The van der Waals surface area contributed by atoms with Crippen LogP contribution in [0.5, 0.6) is 11.5 Å². The molecule has 0 spiro atoms. The SMILES string of the molecule is CCCCNC(=O)N(c1ccc(N(CC)CC)cc1)c1cc(NCOCCC)c(O)cc1NC(O)C(CCCC)Oc1ccc(C)cc1C. The van der Waals surface area contributed by atoms with Crippen LogP contribution >= 0.6 is 0 Å². The molecule has 2 unspecified atom stereocenters. The van der Waals surface area contributed by atoms with Gasteiger partial charge in [0.2, 0.25) is 0 Å². The highest BCUT2D eigenvalue weighted by molar-refractivity contribution is 6.03. The minimum absolute atomic E-state index is 0.0535. The summed E-state index contributed by atoms with van der Waals surface area (Å²) in [5.41, 5.74) is 5.01. The molecule has 5 N–H and O–H groups in total. The van der Waals surface area contributed by atoms with Crippen LogP contribution in [0, 0.1) is 13.8 Å². The smallest absolute Gasteiger partial charge is 0.326 e. The molecule has 3 aromatic carbocycles. The van der Waals surface area contributed by atoms with Crippen molar-refractivity contribution < 1.29 is 24.5 Å². The van der Waals surface area contributed by atoms with E-state index in [4.69, 9.17) is 9.47 Å². The molecular formula is C39H59N5O5. The number of benzene rings is 3. The number of urea groups is 1. The number of phenols is 1. The summed E-state index contributed by atoms with van der Waals surface area (Å²) in [5, 5.41) is 32.3. The number of hydrogen-bond donors (Lipinski definition) is 5. The first-order valence-corrected chi connectivity index (χ1v) is 18.0. The van der Waals surface area contributed by atoms with Crippen LogP contribution in [0.4, 0.5) is 33.2 Å². The lowest BCUT2D eigenvalue weighted by Gasteiger charge is -2.31. The van der Waals surface area contributed by atoms with Crippen LogP contribution in [0.2, 0.25) is 0 Å². The number of anilines is 5. The molecule has 3 rings (SSSR count). The number of aromatic hydroxyl groups is 1. The van der Waals surface area contributed by atoms with Gasteiger partial charge in [0.1, 0.15) is 24.3 Å². The van der Waals surface area contributed by atoms with Gasteiger partial charge in [-0.25, -0.2) is 4.79 Å². The second-order valence-corrected chi connectivity index (χ2v) is 12.4. The summed E-state index contributed by atoms with van der Waals surface area (Å²) in [5.74, 6) is 0.648. The average Bonchev–Trinajstić information content (AvgIpc) is 3.08. The highest BCUT2D eigenvalue weighted by Gasteiger charge is 2.27. The second kappa shape index (κ2) is 20.4. The van der Waals surface area contributed by atoms with Gasteiger partial charge in [0.15, 0.2) is 6.23 Å². The number of aliphatic hydroxyl groups excluding tert-OH is 1. The number of carbonyl (C=O) groups is 1. The highest BCUT2D eigenvalue weighted by Crippen LogP contribution is 2.41. The Morgan fingerprint density at radius 1 is 0.857 bits per heavy atom. The van der Waals surface area contributed by atoms with E-state index in [-0.39, 0.29) is 18.5 Å². The number of carbonyl (C=O) groups excluding carboxylic acids is 1. The number of hydrogen-bond acceptors (Lipinski definition) is 8. The van der Waals surface area contributed by atoms with E-state index in [1.165, 1.54) is 6.07 Å². The van der Waals surface area contributed by atoms with Gasteiger partial charge in [-0.05, 0) is 95.3 Å². The molecule has 270 valence electrons. The summed E-state index contributed by atoms with van der Waals surface area (Å²) in [6.07, 6.45) is 3.24. The third kappa shape index (κ3) is 11.5. The predicted molar refractivity (Wildman–Crippen MR) is 203 cm³/mol. The van der Waals surface area contributed by atoms with Crippen molar-refractivity contribution in [3.63, 3.8) is 0 Å². The lowest BCUT2D eigenvalue weighted by molar-refractivity contribution is 0.0474. The van der Waals surface area contributed by atoms with E-state index in [0.29, 0.717) is 48.1 Å². The summed E-state index contributed by atoms with van der Waals surface area (Å²) >= 11 is 0. The Morgan fingerprint density at radius 2 is 1.55 bits per heavy atom. The fourth-order valence-corrected chi connectivity index (χ4v) is 5.62. The quantitative estimate of drug-likeness (QED) is 0.0432. The number of phenolic OH excluding ortho intramolecular Hbond substituents is 1. The third-order valence-electron chi connectivity index (χ3n) is 8.42. The van der Waals surface area contributed by atoms with Crippen molar-refractivity contribution in [3.05, 3.63) is 65.7 Å². The van der Waals surface area contributed by atoms with E-state index in [0.717, 1.165) is 62.0 Å². The van der Waals surface area contributed by atoms with Crippen molar-refractivity contribution >= 4 is 34.5 Å². The van der Waals surface area contributed by atoms with E-state index in [1.54, 1.807) is 11.0 Å². The molecule has 10 nitrogen and oxygen atoms in total. The van der Waals surface area contributed by atoms with Crippen LogP contribution in [0.15, 0.2) is 54.6 Å².